The van der Waals surface area contributed by atoms with E-state index >= 15 is 0 Å². The Hall–Kier alpha value is -0.870. The minimum absolute atomic E-state index is 0.204. The zero-order valence-electron chi connectivity index (χ0n) is 14.3. The van der Waals surface area contributed by atoms with Crippen molar-refractivity contribution in [1.82, 2.24) is 15.4 Å². The lowest BCUT2D eigenvalue weighted by molar-refractivity contribution is 0.0310. The summed E-state index contributed by atoms with van der Waals surface area (Å²) in [5.74, 6) is 0.612. The molecule has 7 nitrogen and oxygen atoms in total. The van der Waals surface area contributed by atoms with Crippen LogP contribution in [0.15, 0.2) is 21.3 Å². The molecule has 1 aromatic rings. The van der Waals surface area contributed by atoms with Crippen molar-refractivity contribution in [2.75, 3.05) is 33.3 Å². The van der Waals surface area contributed by atoms with E-state index in [1.165, 1.54) is 6.07 Å². The van der Waals surface area contributed by atoms with Gasteiger partial charge in [0.05, 0.1) is 16.5 Å². The average Bonchev–Trinajstić information content (AvgIpc) is 2.96. The van der Waals surface area contributed by atoms with Gasteiger partial charge in [-0.2, -0.15) is 0 Å². The highest BCUT2D eigenvalue weighted by Crippen LogP contribution is 2.25. The van der Waals surface area contributed by atoms with Gasteiger partial charge in [0.25, 0.3) is 0 Å². The molecule has 1 aromatic heterocycles. The van der Waals surface area contributed by atoms with Crippen molar-refractivity contribution in [2.45, 2.75) is 30.6 Å². The Morgan fingerprint density at radius 3 is 2.58 bits per heavy atom. The van der Waals surface area contributed by atoms with Crippen LogP contribution in [-0.2, 0) is 14.8 Å². The summed E-state index contributed by atoms with van der Waals surface area (Å²) in [5.41, 5.74) is -0.359. The van der Waals surface area contributed by atoms with E-state index in [9.17, 15) is 8.42 Å². The van der Waals surface area contributed by atoms with E-state index in [-0.39, 0.29) is 16.4 Å². The predicted octanol–water partition coefficient (Wildman–Crippen LogP) is 1.66. The number of guanidine groups is 1. The Kier molecular flexibility index (Phi) is 8.44. The number of rotatable bonds is 9. The van der Waals surface area contributed by atoms with Crippen molar-refractivity contribution in [1.29, 1.82) is 0 Å². The molecule has 0 spiro atoms. The summed E-state index contributed by atoms with van der Waals surface area (Å²) in [4.78, 5) is 4.43. The van der Waals surface area contributed by atoms with E-state index in [1.54, 1.807) is 13.2 Å². The number of hydrogen-bond donors (Lipinski definition) is 3. The van der Waals surface area contributed by atoms with Crippen LogP contribution in [0, 0.1) is 0 Å². The molecule has 10 heteroatoms. The highest BCUT2D eigenvalue weighted by atomic mass is 35.5. The van der Waals surface area contributed by atoms with Crippen LogP contribution in [0.1, 0.15) is 20.8 Å². The fourth-order valence-corrected chi connectivity index (χ4v) is 4.11. The molecule has 0 fully saturated rings. The van der Waals surface area contributed by atoms with Gasteiger partial charge in [-0.05, 0) is 32.9 Å². The fourth-order valence-electron chi connectivity index (χ4n) is 1.56. The quantitative estimate of drug-likeness (QED) is 0.335. The maximum atomic E-state index is 12.1. The van der Waals surface area contributed by atoms with Crippen molar-refractivity contribution in [3.63, 3.8) is 0 Å². The molecule has 0 saturated carbocycles. The molecule has 1 rings (SSSR count). The zero-order valence-corrected chi connectivity index (χ0v) is 16.7. The van der Waals surface area contributed by atoms with Crippen LogP contribution < -0.4 is 15.4 Å². The van der Waals surface area contributed by atoms with Crippen molar-refractivity contribution >= 4 is 38.9 Å². The van der Waals surface area contributed by atoms with Crippen LogP contribution in [0.3, 0.4) is 0 Å². The minimum Gasteiger partial charge on any atom is -0.377 e. The van der Waals surface area contributed by atoms with Gasteiger partial charge in [-0.3, -0.25) is 4.99 Å². The summed E-state index contributed by atoms with van der Waals surface area (Å²) in [6, 6.07) is 3.05. The summed E-state index contributed by atoms with van der Waals surface area (Å²) in [6.45, 7) is 7.67. The number of thiophene rings is 1. The second-order valence-corrected chi connectivity index (χ2v) is 9.25. The van der Waals surface area contributed by atoms with Gasteiger partial charge in [0.15, 0.2) is 5.96 Å². The molecule has 0 unspecified atom stereocenters. The fraction of sp³-hybridized carbons (Fsp3) is 0.643. The summed E-state index contributed by atoms with van der Waals surface area (Å²) < 4.78 is 32.6. The Morgan fingerprint density at radius 1 is 1.33 bits per heavy atom. The molecule has 0 bridgehead atoms. The number of nitrogens with one attached hydrogen (secondary N) is 3. The van der Waals surface area contributed by atoms with Crippen molar-refractivity contribution in [3.05, 3.63) is 16.5 Å². The first-order chi connectivity index (χ1) is 11.2. The van der Waals surface area contributed by atoms with Crippen LogP contribution in [0.5, 0.6) is 0 Å². The van der Waals surface area contributed by atoms with E-state index in [0.717, 1.165) is 11.3 Å². The minimum atomic E-state index is -3.53. The number of methoxy groups -OCH3 is 1. The third-order valence-corrected chi connectivity index (χ3v) is 6.22. The lowest BCUT2D eigenvalue weighted by Crippen LogP contribution is -2.42. The van der Waals surface area contributed by atoms with Crippen LogP contribution in [0.2, 0.25) is 4.34 Å². The van der Waals surface area contributed by atoms with Crippen LogP contribution in [0.25, 0.3) is 0 Å². The summed E-state index contributed by atoms with van der Waals surface area (Å²) in [6.07, 6.45) is 0. The monoisotopic (exact) mass is 396 g/mol. The number of ether oxygens (including phenoxy) is 1. The van der Waals surface area contributed by atoms with Crippen molar-refractivity contribution < 1.29 is 13.2 Å². The first-order valence-electron chi connectivity index (χ1n) is 7.52. The first kappa shape index (κ1) is 21.2. The first-order valence-corrected chi connectivity index (χ1v) is 10.2. The summed E-state index contributed by atoms with van der Waals surface area (Å²) in [5, 5.41) is 6.18. The smallest absolute Gasteiger partial charge is 0.250 e. The molecule has 0 aliphatic carbocycles. The van der Waals surface area contributed by atoms with E-state index in [1.807, 2.05) is 20.8 Å². The molecule has 0 aliphatic rings. The molecule has 0 saturated heterocycles. The van der Waals surface area contributed by atoms with Gasteiger partial charge in [0.1, 0.15) is 4.21 Å². The van der Waals surface area contributed by atoms with Gasteiger partial charge in [-0.1, -0.05) is 11.6 Å². The zero-order chi connectivity index (χ0) is 18.2. The average molecular weight is 397 g/mol. The maximum Gasteiger partial charge on any atom is 0.250 e. The standard InChI is InChI=1S/C14H25ClN4O3S2/c1-5-16-13(18-10-14(2,3)22-4)17-8-9-19-24(20,21)12-7-6-11(15)23-12/h6-7,19H,5,8-10H2,1-4H3,(H2,16,17,18). The largest absolute Gasteiger partial charge is 0.377 e. The van der Waals surface area contributed by atoms with E-state index < -0.39 is 10.0 Å². The van der Waals surface area contributed by atoms with E-state index in [0.29, 0.717) is 29.9 Å². The van der Waals surface area contributed by atoms with Crippen LogP contribution in [-0.4, -0.2) is 53.3 Å². The molecule has 3 N–H and O–H groups in total. The maximum absolute atomic E-state index is 12.1. The highest BCUT2D eigenvalue weighted by molar-refractivity contribution is 7.91. The highest BCUT2D eigenvalue weighted by Gasteiger charge is 2.17. The van der Waals surface area contributed by atoms with Gasteiger partial charge >= 0.3 is 0 Å². The van der Waals surface area contributed by atoms with Gasteiger partial charge in [-0.15, -0.1) is 11.3 Å². The number of aliphatic imine (C=N–C) groups is 1. The second-order valence-electron chi connectivity index (χ2n) is 5.54. The lowest BCUT2D eigenvalue weighted by Gasteiger charge is -2.21. The predicted molar refractivity (Wildman–Crippen MR) is 99.6 cm³/mol. The summed E-state index contributed by atoms with van der Waals surface area (Å²) >= 11 is 6.79. The third kappa shape index (κ3) is 7.35. The van der Waals surface area contributed by atoms with E-state index in [2.05, 4.69) is 20.3 Å². The van der Waals surface area contributed by atoms with Gasteiger partial charge in [-0.25, -0.2) is 13.1 Å². The lowest BCUT2D eigenvalue weighted by atomic mass is 10.1. The third-order valence-electron chi connectivity index (χ3n) is 3.04. The molecular weight excluding hydrogens is 372 g/mol. The molecular formula is C14H25ClN4O3S2. The van der Waals surface area contributed by atoms with Gasteiger partial charge < -0.3 is 15.4 Å². The Bertz CT molecular complexity index is 644. The molecule has 0 aliphatic heterocycles. The summed E-state index contributed by atoms with van der Waals surface area (Å²) in [7, 11) is -1.88. The number of halogens is 1. The van der Waals surface area contributed by atoms with Crippen molar-refractivity contribution in [3.8, 4) is 0 Å². The molecule has 0 amide bonds. The van der Waals surface area contributed by atoms with Crippen LogP contribution >= 0.6 is 22.9 Å². The van der Waals surface area contributed by atoms with Crippen molar-refractivity contribution in [2.24, 2.45) is 4.99 Å². The molecule has 1 heterocycles. The topological polar surface area (TPSA) is 91.8 Å². The molecule has 0 atom stereocenters. The number of hydrogen-bond acceptors (Lipinski definition) is 5. The molecule has 0 radical (unpaired) electrons. The Labute approximate surface area is 152 Å². The SMILES string of the molecule is CCNC(=NCC(C)(C)OC)NCCNS(=O)(=O)c1ccc(Cl)s1. The van der Waals surface area contributed by atoms with Crippen LogP contribution in [0.4, 0.5) is 0 Å². The van der Waals surface area contributed by atoms with Gasteiger partial charge in [0, 0.05) is 26.7 Å². The Morgan fingerprint density at radius 2 is 2.04 bits per heavy atom. The number of sulfonamides is 1. The molecule has 24 heavy (non-hydrogen) atoms. The Balaban J connectivity index is 2.49. The molecule has 138 valence electrons. The number of nitrogens with zero attached hydrogens (tertiary/aromatic N) is 1. The molecule has 0 aromatic carbocycles. The second kappa shape index (κ2) is 9.57. The normalized spacial score (nSPS) is 13.1. The van der Waals surface area contributed by atoms with Gasteiger partial charge in [0.2, 0.25) is 10.0 Å². The van der Waals surface area contributed by atoms with E-state index in [4.69, 9.17) is 16.3 Å².